The lowest BCUT2D eigenvalue weighted by molar-refractivity contribution is -0.117. The largest absolute Gasteiger partial charge is 0.326 e. The van der Waals surface area contributed by atoms with E-state index in [1.54, 1.807) is 11.1 Å². The average Bonchev–Trinajstić information content (AvgIpc) is 2.58. The van der Waals surface area contributed by atoms with Crippen molar-refractivity contribution in [3.63, 3.8) is 0 Å². The van der Waals surface area contributed by atoms with E-state index in [-0.39, 0.29) is 11.9 Å². The minimum atomic E-state index is -0.0420. The molecule has 0 saturated carbocycles. The van der Waals surface area contributed by atoms with Crippen LogP contribution in [0.4, 0.5) is 5.00 Å². The van der Waals surface area contributed by atoms with Gasteiger partial charge in [0, 0.05) is 30.5 Å². The molecule has 1 aliphatic heterocycles. The van der Waals surface area contributed by atoms with Crippen molar-refractivity contribution in [3.8, 4) is 0 Å². The number of nitrogens with zero attached hydrogens (tertiary/aromatic N) is 3. The van der Waals surface area contributed by atoms with E-state index in [4.69, 9.17) is 5.73 Å². The summed E-state index contributed by atoms with van der Waals surface area (Å²) in [6, 6.07) is -0.0420. The van der Waals surface area contributed by atoms with Gasteiger partial charge < -0.3 is 5.73 Å². The molecular formula is C6H8N4OS. The van der Waals surface area contributed by atoms with E-state index in [1.165, 1.54) is 11.5 Å². The van der Waals surface area contributed by atoms with Crippen molar-refractivity contribution in [1.82, 2.24) is 9.59 Å². The van der Waals surface area contributed by atoms with Crippen LogP contribution in [0.25, 0.3) is 0 Å². The molecule has 1 atom stereocenters. The van der Waals surface area contributed by atoms with E-state index in [1.807, 2.05) is 0 Å². The summed E-state index contributed by atoms with van der Waals surface area (Å²) < 4.78 is 3.68. The van der Waals surface area contributed by atoms with Crippen molar-refractivity contribution in [2.45, 2.75) is 12.5 Å². The number of amides is 1. The first-order chi connectivity index (χ1) is 5.77. The van der Waals surface area contributed by atoms with Gasteiger partial charge in [0.2, 0.25) is 5.91 Å². The molecular weight excluding hydrogens is 176 g/mol. The maximum Gasteiger partial charge on any atom is 0.229 e. The number of carbonyl (C=O) groups is 1. The van der Waals surface area contributed by atoms with Crippen molar-refractivity contribution in [3.05, 3.63) is 6.20 Å². The van der Waals surface area contributed by atoms with Crippen LogP contribution in [0.1, 0.15) is 6.42 Å². The molecule has 0 bridgehead atoms. The van der Waals surface area contributed by atoms with Gasteiger partial charge in [0.25, 0.3) is 0 Å². The summed E-state index contributed by atoms with van der Waals surface area (Å²) in [4.78, 5) is 12.9. The Balaban J connectivity index is 2.21. The molecule has 64 valence electrons. The SMILES string of the molecule is NC1CC(=O)N(c2cnns2)C1. The molecule has 0 spiro atoms. The zero-order chi connectivity index (χ0) is 8.55. The highest BCUT2D eigenvalue weighted by Gasteiger charge is 2.28. The van der Waals surface area contributed by atoms with Crippen molar-refractivity contribution in [1.29, 1.82) is 0 Å². The molecule has 0 radical (unpaired) electrons. The maximum atomic E-state index is 11.3. The van der Waals surface area contributed by atoms with Gasteiger partial charge in [-0.2, -0.15) is 0 Å². The molecule has 2 N–H and O–H groups in total. The fourth-order valence-corrected chi connectivity index (χ4v) is 1.78. The number of aromatic nitrogens is 2. The van der Waals surface area contributed by atoms with E-state index in [9.17, 15) is 4.79 Å². The van der Waals surface area contributed by atoms with Gasteiger partial charge in [0.15, 0.2) is 0 Å². The Morgan fingerprint density at radius 3 is 3.08 bits per heavy atom. The molecule has 1 saturated heterocycles. The van der Waals surface area contributed by atoms with E-state index in [2.05, 4.69) is 9.59 Å². The van der Waals surface area contributed by atoms with Gasteiger partial charge in [0.1, 0.15) is 5.00 Å². The molecule has 2 heterocycles. The van der Waals surface area contributed by atoms with Crippen LogP contribution in [-0.4, -0.2) is 28.1 Å². The van der Waals surface area contributed by atoms with Crippen molar-refractivity contribution in [2.75, 3.05) is 11.4 Å². The summed E-state index contributed by atoms with van der Waals surface area (Å²) in [7, 11) is 0. The highest BCUT2D eigenvalue weighted by Crippen LogP contribution is 2.22. The lowest BCUT2D eigenvalue weighted by atomic mass is 10.3. The number of hydrogen-bond donors (Lipinski definition) is 1. The molecule has 12 heavy (non-hydrogen) atoms. The molecule has 1 aromatic rings. The first-order valence-corrected chi connectivity index (χ1v) is 4.38. The van der Waals surface area contributed by atoms with E-state index in [0.717, 1.165) is 5.00 Å². The zero-order valence-corrected chi connectivity index (χ0v) is 7.12. The molecule has 5 nitrogen and oxygen atoms in total. The van der Waals surface area contributed by atoms with E-state index in [0.29, 0.717) is 13.0 Å². The van der Waals surface area contributed by atoms with Crippen LogP contribution in [0, 0.1) is 0 Å². The molecule has 1 aromatic heterocycles. The lowest BCUT2D eigenvalue weighted by Crippen LogP contribution is -2.27. The molecule has 1 unspecified atom stereocenters. The van der Waals surface area contributed by atoms with Gasteiger partial charge in [-0.3, -0.25) is 9.69 Å². The molecule has 0 aliphatic carbocycles. The maximum absolute atomic E-state index is 11.3. The second-order valence-electron chi connectivity index (χ2n) is 2.72. The average molecular weight is 184 g/mol. The van der Waals surface area contributed by atoms with Crippen molar-refractivity contribution in [2.24, 2.45) is 5.73 Å². The second-order valence-corrected chi connectivity index (χ2v) is 3.49. The van der Waals surface area contributed by atoms with Gasteiger partial charge >= 0.3 is 0 Å². The number of carbonyl (C=O) groups excluding carboxylic acids is 1. The Bertz CT molecular complexity index is 286. The fourth-order valence-electron chi connectivity index (χ4n) is 1.23. The molecule has 1 aliphatic rings. The Hall–Kier alpha value is -1.01. The summed E-state index contributed by atoms with van der Waals surface area (Å²) in [5.74, 6) is 0.0635. The lowest BCUT2D eigenvalue weighted by Gasteiger charge is -2.10. The first-order valence-electron chi connectivity index (χ1n) is 3.60. The smallest absolute Gasteiger partial charge is 0.229 e. The molecule has 1 fully saturated rings. The third-order valence-corrected chi connectivity index (χ3v) is 2.46. The summed E-state index contributed by atoms with van der Waals surface area (Å²) in [5, 5.41) is 4.45. The third kappa shape index (κ3) is 1.19. The summed E-state index contributed by atoms with van der Waals surface area (Å²) >= 11 is 1.21. The summed E-state index contributed by atoms with van der Waals surface area (Å²) in [6.07, 6.45) is 2.01. The van der Waals surface area contributed by atoms with Crippen LogP contribution < -0.4 is 10.6 Å². The highest BCUT2D eigenvalue weighted by atomic mass is 32.1. The van der Waals surface area contributed by atoms with Gasteiger partial charge in [-0.1, -0.05) is 4.49 Å². The Labute approximate surface area is 73.3 Å². The summed E-state index contributed by atoms with van der Waals surface area (Å²) in [5.41, 5.74) is 5.62. The topological polar surface area (TPSA) is 72.1 Å². The standard InChI is InChI=1S/C6H8N4OS/c7-4-1-5(11)10(3-4)6-2-8-9-12-6/h2,4H,1,3,7H2. The van der Waals surface area contributed by atoms with Crippen molar-refractivity contribution >= 4 is 22.4 Å². The number of hydrogen-bond acceptors (Lipinski definition) is 5. The van der Waals surface area contributed by atoms with Gasteiger partial charge in [-0.25, -0.2) is 0 Å². The minimum Gasteiger partial charge on any atom is -0.326 e. The second kappa shape index (κ2) is 2.80. The monoisotopic (exact) mass is 184 g/mol. The highest BCUT2D eigenvalue weighted by molar-refractivity contribution is 7.10. The Morgan fingerprint density at radius 1 is 1.75 bits per heavy atom. The first kappa shape index (κ1) is 7.63. The van der Waals surface area contributed by atoms with Crippen LogP contribution in [0.15, 0.2) is 6.20 Å². The molecule has 0 aromatic carbocycles. The number of anilines is 1. The minimum absolute atomic E-state index is 0.0420. The van der Waals surface area contributed by atoms with Crippen LogP contribution in [-0.2, 0) is 4.79 Å². The predicted molar refractivity (Wildman–Crippen MR) is 44.9 cm³/mol. The van der Waals surface area contributed by atoms with Gasteiger partial charge in [-0.15, -0.1) is 5.10 Å². The third-order valence-electron chi connectivity index (χ3n) is 1.77. The fraction of sp³-hybridized carbons (Fsp3) is 0.500. The molecule has 2 rings (SSSR count). The van der Waals surface area contributed by atoms with Crippen LogP contribution >= 0.6 is 11.5 Å². The zero-order valence-electron chi connectivity index (χ0n) is 6.30. The number of nitrogens with two attached hydrogens (primary N) is 1. The molecule has 1 amide bonds. The summed E-state index contributed by atoms with van der Waals surface area (Å²) in [6.45, 7) is 0.586. The predicted octanol–water partition coefficient (Wildman–Crippen LogP) is -0.398. The molecule has 6 heteroatoms. The number of rotatable bonds is 1. The van der Waals surface area contributed by atoms with Crippen LogP contribution in [0.5, 0.6) is 0 Å². The van der Waals surface area contributed by atoms with Crippen LogP contribution in [0.2, 0.25) is 0 Å². The quantitative estimate of drug-likeness (QED) is 0.644. The van der Waals surface area contributed by atoms with Gasteiger partial charge in [-0.05, 0) is 0 Å². The normalized spacial score (nSPS) is 23.6. The Morgan fingerprint density at radius 2 is 2.58 bits per heavy atom. The van der Waals surface area contributed by atoms with Crippen molar-refractivity contribution < 1.29 is 4.79 Å². The van der Waals surface area contributed by atoms with E-state index >= 15 is 0 Å². The Kier molecular flexibility index (Phi) is 1.78. The van der Waals surface area contributed by atoms with E-state index < -0.39 is 0 Å². The van der Waals surface area contributed by atoms with Gasteiger partial charge in [0.05, 0.1) is 6.20 Å². The van der Waals surface area contributed by atoms with Crippen LogP contribution in [0.3, 0.4) is 0 Å².